The Hall–Kier alpha value is -0.740. The minimum atomic E-state index is -0.156. The Balaban J connectivity index is 2.37. The third-order valence-corrected chi connectivity index (χ3v) is 4.47. The molecule has 0 aliphatic carbocycles. The van der Waals surface area contributed by atoms with Crippen LogP contribution in [0.1, 0.15) is 32.4 Å². The van der Waals surface area contributed by atoms with E-state index >= 15 is 0 Å². The number of anilines is 1. The van der Waals surface area contributed by atoms with Gasteiger partial charge in [-0.05, 0) is 18.6 Å². The number of halogens is 1. The lowest BCUT2D eigenvalue weighted by Gasteiger charge is -2.37. The van der Waals surface area contributed by atoms with Gasteiger partial charge in [0.2, 0.25) is 0 Å². The van der Waals surface area contributed by atoms with Gasteiger partial charge in [-0.15, -0.1) is 0 Å². The van der Waals surface area contributed by atoms with E-state index in [1.54, 1.807) is 6.07 Å². The predicted octanol–water partition coefficient (Wildman–Crippen LogP) is 3.18. The minimum Gasteiger partial charge on any atom is -0.367 e. The topological polar surface area (TPSA) is 29.3 Å². The van der Waals surface area contributed by atoms with Gasteiger partial charge in [0.15, 0.2) is 0 Å². The van der Waals surface area contributed by atoms with Crippen molar-refractivity contribution in [3.8, 4) is 0 Å². The summed E-state index contributed by atoms with van der Waals surface area (Å²) in [4.78, 5) is 2.15. The van der Waals surface area contributed by atoms with Gasteiger partial charge in [-0.2, -0.15) is 11.8 Å². The highest BCUT2D eigenvalue weighted by atomic mass is 32.2. The molecule has 2 nitrogen and oxygen atoms in total. The molecular weight excluding hydrogens is 247 g/mol. The maximum absolute atomic E-state index is 14.1. The number of para-hydroxylation sites is 1. The molecule has 0 bridgehead atoms. The largest absolute Gasteiger partial charge is 0.367 e. The number of rotatable bonds is 2. The second kappa shape index (κ2) is 5.49. The van der Waals surface area contributed by atoms with E-state index in [1.165, 1.54) is 6.07 Å². The summed E-state index contributed by atoms with van der Waals surface area (Å²) in [6.07, 6.45) is 0. The van der Waals surface area contributed by atoms with Crippen molar-refractivity contribution < 1.29 is 4.39 Å². The molecule has 3 atom stereocenters. The molecule has 0 aromatic heterocycles. The lowest BCUT2D eigenvalue weighted by Crippen LogP contribution is -2.41. The summed E-state index contributed by atoms with van der Waals surface area (Å²) in [6, 6.07) is 5.05. The Bertz CT molecular complexity index is 412. The van der Waals surface area contributed by atoms with Crippen molar-refractivity contribution in [2.75, 3.05) is 18.0 Å². The van der Waals surface area contributed by atoms with Crippen LogP contribution < -0.4 is 10.6 Å². The molecule has 4 heteroatoms. The predicted molar refractivity (Wildman–Crippen MR) is 77.7 cm³/mol. The van der Waals surface area contributed by atoms with E-state index in [9.17, 15) is 4.39 Å². The Morgan fingerprint density at radius 3 is 2.50 bits per heavy atom. The number of thioether (sulfide) groups is 1. The highest BCUT2D eigenvalue weighted by Crippen LogP contribution is 2.34. The quantitative estimate of drug-likeness (QED) is 0.893. The summed E-state index contributed by atoms with van der Waals surface area (Å²) in [5, 5.41) is 1.04. The summed E-state index contributed by atoms with van der Waals surface area (Å²) in [6.45, 7) is 8.06. The van der Waals surface area contributed by atoms with Crippen LogP contribution in [-0.2, 0) is 0 Å². The molecule has 0 spiro atoms. The number of hydrogen-bond acceptors (Lipinski definition) is 3. The summed E-state index contributed by atoms with van der Waals surface area (Å²) >= 11 is 1.96. The first-order chi connectivity index (χ1) is 8.49. The van der Waals surface area contributed by atoms with Crippen LogP contribution in [0.5, 0.6) is 0 Å². The first kappa shape index (κ1) is 13.7. The third-order valence-electron chi connectivity index (χ3n) is 3.24. The van der Waals surface area contributed by atoms with Crippen LogP contribution in [0.15, 0.2) is 18.2 Å². The van der Waals surface area contributed by atoms with Crippen molar-refractivity contribution in [2.24, 2.45) is 5.73 Å². The third kappa shape index (κ3) is 2.81. The minimum absolute atomic E-state index is 0.143. The van der Waals surface area contributed by atoms with Crippen LogP contribution in [0.4, 0.5) is 10.1 Å². The number of nitrogens with zero attached hydrogens (tertiary/aromatic N) is 1. The van der Waals surface area contributed by atoms with E-state index < -0.39 is 0 Å². The Morgan fingerprint density at radius 1 is 1.33 bits per heavy atom. The molecule has 1 aliphatic heterocycles. The molecule has 1 fully saturated rings. The highest BCUT2D eigenvalue weighted by Gasteiger charge is 2.26. The van der Waals surface area contributed by atoms with Crippen LogP contribution >= 0.6 is 11.8 Å². The molecule has 2 rings (SSSR count). The smallest absolute Gasteiger partial charge is 0.146 e. The van der Waals surface area contributed by atoms with Crippen molar-refractivity contribution in [3.05, 3.63) is 29.6 Å². The van der Waals surface area contributed by atoms with Crippen molar-refractivity contribution in [2.45, 2.75) is 37.3 Å². The van der Waals surface area contributed by atoms with Crippen molar-refractivity contribution in [3.63, 3.8) is 0 Å². The van der Waals surface area contributed by atoms with Gasteiger partial charge in [-0.1, -0.05) is 26.0 Å². The molecule has 1 heterocycles. The molecule has 1 aromatic carbocycles. The number of nitrogens with two attached hydrogens (primary N) is 1. The van der Waals surface area contributed by atoms with E-state index in [-0.39, 0.29) is 11.9 Å². The Labute approximate surface area is 113 Å². The Morgan fingerprint density at radius 2 is 1.94 bits per heavy atom. The summed E-state index contributed by atoms with van der Waals surface area (Å²) in [5.74, 6) is -0.156. The van der Waals surface area contributed by atoms with Crippen LogP contribution in [0.3, 0.4) is 0 Å². The van der Waals surface area contributed by atoms with Crippen LogP contribution in [0.2, 0.25) is 0 Å². The van der Waals surface area contributed by atoms with Gasteiger partial charge >= 0.3 is 0 Å². The first-order valence-electron chi connectivity index (χ1n) is 6.43. The van der Waals surface area contributed by atoms with Gasteiger partial charge in [0.05, 0.1) is 5.69 Å². The molecule has 100 valence electrons. The van der Waals surface area contributed by atoms with E-state index in [0.717, 1.165) is 18.7 Å². The number of hydrogen-bond donors (Lipinski definition) is 1. The van der Waals surface area contributed by atoms with Crippen molar-refractivity contribution >= 4 is 17.4 Å². The maximum atomic E-state index is 14.1. The molecule has 0 amide bonds. The molecule has 0 radical (unpaired) electrons. The normalized spacial score (nSPS) is 26.2. The molecule has 0 saturated carbocycles. The van der Waals surface area contributed by atoms with E-state index in [1.807, 2.05) is 24.8 Å². The Kier molecular flexibility index (Phi) is 4.17. The zero-order valence-electron chi connectivity index (χ0n) is 11.2. The van der Waals surface area contributed by atoms with Gasteiger partial charge in [0, 0.05) is 29.6 Å². The summed E-state index contributed by atoms with van der Waals surface area (Å²) < 4.78 is 14.1. The van der Waals surface area contributed by atoms with Gasteiger partial charge in [-0.25, -0.2) is 4.39 Å². The second-order valence-corrected chi connectivity index (χ2v) is 7.01. The average molecular weight is 268 g/mol. The van der Waals surface area contributed by atoms with Gasteiger partial charge in [-0.3, -0.25) is 0 Å². The standard InChI is InChI=1S/C14H21FN2S/c1-9-7-17(8-10(2)18-9)14-12(11(3)16)5-4-6-13(14)15/h4-6,9-11H,7-8,16H2,1-3H3. The van der Waals surface area contributed by atoms with Crippen molar-refractivity contribution in [1.29, 1.82) is 0 Å². The van der Waals surface area contributed by atoms with E-state index in [0.29, 0.717) is 16.2 Å². The first-order valence-corrected chi connectivity index (χ1v) is 7.37. The van der Waals surface area contributed by atoms with Crippen LogP contribution in [0, 0.1) is 5.82 Å². The van der Waals surface area contributed by atoms with Gasteiger partial charge < -0.3 is 10.6 Å². The maximum Gasteiger partial charge on any atom is 0.146 e. The van der Waals surface area contributed by atoms with Crippen LogP contribution in [-0.4, -0.2) is 23.6 Å². The number of benzene rings is 1. The van der Waals surface area contributed by atoms with Gasteiger partial charge in [0.1, 0.15) is 5.82 Å². The van der Waals surface area contributed by atoms with E-state index in [2.05, 4.69) is 18.7 Å². The van der Waals surface area contributed by atoms with Gasteiger partial charge in [0.25, 0.3) is 0 Å². The lowest BCUT2D eigenvalue weighted by atomic mass is 10.0. The molecular formula is C14H21FN2S. The molecule has 1 saturated heterocycles. The van der Waals surface area contributed by atoms with E-state index in [4.69, 9.17) is 5.73 Å². The molecule has 1 aromatic rings. The lowest BCUT2D eigenvalue weighted by molar-refractivity contribution is 0.604. The SMILES string of the molecule is CC1CN(c2c(F)cccc2C(C)N)CC(C)S1. The second-order valence-electron chi connectivity index (χ2n) is 5.13. The van der Waals surface area contributed by atoms with Crippen molar-refractivity contribution in [1.82, 2.24) is 0 Å². The van der Waals surface area contributed by atoms with Crippen LogP contribution in [0.25, 0.3) is 0 Å². The summed E-state index contributed by atoms with van der Waals surface area (Å²) in [7, 11) is 0. The monoisotopic (exact) mass is 268 g/mol. The zero-order chi connectivity index (χ0) is 13.3. The fourth-order valence-corrected chi connectivity index (χ4v) is 3.92. The molecule has 3 unspecified atom stereocenters. The average Bonchev–Trinajstić information content (AvgIpc) is 2.26. The zero-order valence-corrected chi connectivity index (χ0v) is 12.0. The summed E-state index contributed by atoms with van der Waals surface area (Å²) in [5.41, 5.74) is 7.57. The fraction of sp³-hybridized carbons (Fsp3) is 0.571. The highest BCUT2D eigenvalue weighted by molar-refractivity contribution is 8.00. The molecule has 2 N–H and O–H groups in total. The molecule has 1 aliphatic rings. The molecule has 18 heavy (non-hydrogen) atoms. The fourth-order valence-electron chi connectivity index (χ4n) is 2.59.